The van der Waals surface area contributed by atoms with Crippen molar-refractivity contribution in [1.29, 1.82) is 0 Å². The van der Waals surface area contributed by atoms with Crippen LogP contribution in [0, 0.1) is 0 Å². The summed E-state index contributed by atoms with van der Waals surface area (Å²) in [6.07, 6.45) is 4.47. The lowest BCUT2D eigenvalue weighted by atomic mass is 10.1. The summed E-state index contributed by atoms with van der Waals surface area (Å²) in [5, 5.41) is 5.40. The second kappa shape index (κ2) is 9.30. The molecular formula is C24H24N4O3. The van der Waals surface area contributed by atoms with Gasteiger partial charge in [-0.1, -0.05) is 24.3 Å². The molecule has 1 aliphatic rings. The summed E-state index contributed by atoms with van der Waals surface area (Å²) in [5.41, 5.74) is 3.93. The number of amides is 2. The van der Waals surface area contributed by atoms with E-state index in [-0.39, 0.29) is 12.6 Å². The highest BCUT2D eigenvalue weighted by Gasteiger charge is 2.28. The molecule has 158 valence electrons. The third-order valence-corrected chi connectivity index (χ3v) is 5.38. The average Bonchev–Trinajstić information content (AvgIpc) is 3.24. The van der Waals surface area contributed by atoms with E-state index in [1.54, 1.807) is 43.8 Å². The molecule has 2 aromatic carbocycles. The smallest absolute Gasteiger partial charge is 0.313 e. The summed E-state index contributed by atoms with van der Waals surface area (Å²) in [4.78, 5) is 31.3. The Morgan fingerprint density at radius 1 is 1.06 bits per heavy atom. The van der Waals surface area contributed by atoms with Crippen LogP contribution < -0.4 is 20.3 Å². The molecule has 2 amide bonds. The third kappa shape index (κ3) is 4.66. The fourth-order valence-electron chi connectivity index (χ4n) is 3.80. The van der Waals surface area contributed by atoms with E-state index in [1.807, 2.05) is 24.3 Å². The normalized spacial score (nSPS) is 13.3. The lowest BCUT2D eigenvalue weighted by molar-refractivity contribution is -0.136. The van der Waals surface area contributed by atoms with Crippen LogP contribution in [0.5, 0.6) is 5.75 Å². The number of hydrogen-bond donors (Lipinski definition) is 2. The number of rotatable bonds is 6. The highest BCUT2D eigenvalue weighted by Crippen LogP contribution is 2.34. The quantitative estimate of drug-likeness (QED) is 0.604. The molecule has 7 nitrogen and oxygen atoms in total. The van der Waals surface area contributed by atoms with Crippen molar-refractivity contribution in [3.8, 4) is 5.75 Å². The zero-order valence-electron chi connectivity index (χ0n) is 17.2. The number of ether oxygens (including phenoxy) is 1. The summed E-state index contributed by atoms with van der Waals surface area (Å²) in [6.45, 7) is 1.13. The molecule has 31 heavy (non-hydrogen) atoms. The molecule has 2 heterocycles. The van der Waals surface area contributed by atoms with Gasteiger partial charge in [0.15, 0.2) is 0 Å². The number of pyridine rings is 1. The highest BCUT2D eigenvalue weighted by atomic mass is 16.5. The number of para-hydroxylation sites is 1. The minimum absolute atomic E-state index is 0.130. The Kier molecular flexibility index (Phi) is 6.12. The minimum atomic E-state index is -0.711. The Bertz CT molecular complexity index is 1050. The number of fused-ring (bicyclic) bond motifs is 1. The standard InChI is InChI=1S/C24H24N4O3/c1-31-20-10-8-19(9-11-20)27-24(30)23(29)26-16-22(18-6-4-13-25-15-18)28-14-12-17-5-2-3-7-21(17)28/h2-11,13,15,22H,12,14,16H2,1H3,(H,26,29)(H,27,30)/t22-/m0/s1. The van der Waals surface area contributed by atoms with Crippen LogP contribution in [-0.4, -0.2) is 37.0 Å². The zero-order valence-corrected chi connectivity index (χ0v) is 17.2. The van der Waals surface area contributed by atoms with Crippen molar-refractivity contribution in [2.45, 2.75) is 12.5 Å². The molecule has 1 aromatic heterocycles. The van der Waals surface area contributed by atoms with Crippen LogP contribution in [0.15, 0.2) is 73.1 Å². The van der Waals surface area contributed by atoms with Gasteiger partial charge in [-0.25, -0.2) is 0 Å². The molecule has 3 aromatic rings. The van der Waals surface area contributed by atoms with E-state index >= 15 is 0 Å². The number of carbonyl (C=O) groups excluding carboxylic acids is 2. The van der Waals surface area contributed by atoms with Gasteiger partial charge in [-0.05, 0) is 53.9 Å². The topological polar surface area (TPSA) is 83.6 Å². The van der Waals surface area contributed by atoms with E-state index in [1.165, 1.54) is 5.56 Å². The number of nitrogens with zero attached hydrogens (tertiary/aromatic N) is 2. The molecule has 0 unspecified atom stereocenters. The molecular weight excluding hydrogens is 392 g/mol. The minimum Gasteiger partial charge on any atom is -0.497 e. The van der Waals surface area contributed by atoms with Gasteiger partial charge in [-0.2, -0.15) is 0 Å². The van der Waals surface area contributed by atoms with Crippen molar-refractivity contribution in [1.82, 2.24) is 10.3 Å². The average molecular weight is 416 g/mol. The Morgan fingerprint density at radius 2 is 1.87 bits per heavy atom. The first-order valence-corrected chi connectivity index (χ1v) is 10.1. The number of anilines is 2. The second-order valence-corrected chi connectivity index (χ2v) is 7.27. The van der Waals surface area contributed by atoms with Crippen molar-refractivity contribution < 1.29 is 14.3 Å². The molecule has 7 heteroatoms. The maximum atomic E-state index is 12.5. The van der Waals surface area contributed by atoms with Crippen LogP contribution in [0.25, 0.3) is 0 Å². The molecule has 4 rings (SSSR count). The second-order valence-electron chi connectivity index (χ2n) is 7.27. The third-order valence-electron chi connectivity index (χ3n) is 5.38. The summed E-state index contributed by atoms with van der Waals surface area (Å²) in [7, 11) is 1.57. The molecule has 0 saturated heterocycles. The van der Waals surface area contributed by atoms with E-state index in [0.717, 1.165) is 24.2 Å². The van der Waals surface area contributed by atoms with E-state index in [2.05, 4.69) is 32.7 Å². The molecule has 0 bridgehead atoms. The Balaban J connectivity index is 1.45. The number of benzene rings is 2. The van der Waals surface area contributed by atoms with Gasteiger partial charge in [0.05, 0.1) is 13.2 Å². The van der Waals surface area contributed by atoms with E-state index in [0.29, 0.717) is 11.4 Å². The first-order chi connectivity index (χ1) is 15.2. The monoisotopic (exact) mass is 416 g/mol. The van der Waals surface area contributed by atoms with Gasteiger partial charge in [0.25, 0.3) is 0 Å². The molecule has 1 atom stereocenters. The Labute approximate surface area is 181 Å². The lowest BCUT2D eigenvalue weighted by Crippen LogP contribution is -2.41. The molecule has 0 fully saturated rings. The first kappa shape index (κ1) is 20.4. The SMILES string of the molecule is COc1ccc(NC(=O)C(=O)NC[C@@H](c2cccnc2)N2CCc3ccccc32)cc1. The van der Waals surface area contributed by atoms with Crippen molar-refractivity contribution in [3.05, 3.63) is 84.2 Å². The number of methoxy groups -OCH3 is 1. The van der Waals surface area contributed by atoms with Crippen molar-refractivity contribution >= 4 is 23.2 Å². The van der Waals surface area contributed by atoms with Gasteiger partial charge < -0.3 is 20.3 Å². The van der Waals surface area contributed by atoms with Crippen LogP contribution in [-0.2, 0) is 16.0 Å². The number of hydrogen-bond acceptors (Lipinski definition) is 5. The van der Waals surface area contributed by atoms with E-state index in [4.69, 9.17) is 4.74 Å². The fourth-order valence-corrected chi connectivity index (χ4v) is 3.80. The number of nitrogens with one attached hydrogen (secondary N) is 2. The number of carbonyl (C=O) groups is 2. The largest absolute Gasteiger partial charge is 0.497 e. The van der Waals surface area contributed by atoms with Crippen molar-refractivity contribution in [2.75, 3.05) is 30.4 Å². The number of aromatic nitrogens is 1. The predicted octanol–water partition coefficient (Wildman–Crippen LogP) is 2.95. The first-order valence-electron chi connectivity index (χ1n) is 10.1. The summed E-state index contributed by atoms with van der Waals surface area (Å²) in [5.74, 6) is -0.721. The maximum absolute atomic E-state index is 12.5. The van der Waals surface area contributed by atoms with E-state index in [9.17, 15) is 9.59 Å². The molecule has 0 aliphatic carbocycles. The van der Waals surface area contributed by atoms with Gasteiger partial charge in [0.2, 0.25) is 0 Å². The molecule has 2 N–H and O–H groups in total. The van der Waals surface area contributed by atoms with Crippen molar-refractivity contribution in [3.63, 3.8) is 0 Å². The Morgan fingerprint density at radius 3 is 2.61 bits per heavy atom. The Hall–Kier alpha value is -3.87. The van der Waals surface area contributed by atoms with Crippen LogP contribution in [0.4, 0.5) is 11.4 Å². The molecule has 0 saturated carbocycles. The molecule has 0 spiro atoms. The summed E-state index contributed by atoms with van der Waals surface area (Å²) in [6, 6.07) is 18.8. The van der Waals surface area contributed by atoms with Crippen LogP contribution in [0.1, 0.15) is 17.2 Å². The lowest BCUT2D eigenvalue weighted by Gasteiger charge is -2.30. The highest BCUT2D eigenvalue weighted by molar-refractivity contribution is 6.39. The van der Waals surface area contributed by atoms with Crippen LogP contribution in [0.3, 0.4) is 0 Å². The van der Waals surface area contributed by atoms with Gasteiger partial charge in [-0.3, -0.25) is 14.6 Å². The van der Waals surface area contributed by atoms with E-state index < -0.39 is 11.8 Å². The van der Waals surface area contributed by atoms with Crippen LogP contribution in [0.2, 0.25) is 0 Å². The zero-order chi connectivity index (χ0) is 21.6. The van der Waals surface area contributed by atoms with Gasteiger partial charge in [0.1, 0.15) is 5.75 Å². The molecule has 0 radical (unpaired) electrons. The summed E-state index contributed by atoms with van der Waals surface area (Å²) < 4.78 is 5.10. The van der Waals surface area contributed by atoms with Crippen LogP contribution >= 0.6 is 0 Å². The maximum Gasteiger partial charge on any atom is 0.313 e. The van der Waals surface area contributed by atoms with Gasteiger partial charge in [0, 0.05) is 36.9 Å². The van der Waals surface area contributed by atoms with Crippen molar-refractivity contribution in [2.24, 2.45) is 0 Å². The van der Waals surface area contributed by atoms with Gasteiger partial charge >= 0.3 is 11.8 Å². The molecule has 1 aliphatic heterocycles. The summed E-state index contributed by atoms with van der Waals surface area (Å²) >= 11 is 0. The predicted molar refractivity (Wildman–Crippen MR) is 119 cm³/mol. The fraction of sp³-hybridized carbons (Fsp3) is 0.208. The van der Waals surface area contributed by atoms with Gasteiger partial charge in [-0.15, -0.1) is 0 Å².